The Morgan fingerprint density at radius 2 is 1.83 bits per heavy atom. The SMILES string of the molecule is CC(C)[C@@H]1CO[C@H]2[C@@H]1OC[C@H]2O. The highest BCUT2D eigenvalue weighted by atomic mass is 16.6. The van der Waals surface area contributed by atoms with E-state index < -0.39 is 6.10 Å². The Hall–Kier alpha value is -0.120. The van der Waals surface area contributed by atoms with E-state index in [1.54, 1.807) is 0 Å². The number of rotatable bonds is 1. The first-order valence-electron chi connectivity index (χ1n) is 4.61. The van der Waals surface area contributed by atoms with Gasteiger partial charge in [-0.3, -0.25) is 0 Å². The van der Waals surface area contributed by atoms with Gasteiger partial charge in [0.05, 0.1) is 19.3 Å². The first-order valence-corrected chi connectivity index (χ1v) is 4.61. The van der Waals surface area contributed by atoms with Gasteiger partial charge in [0, 0.05) is 5.92 Å². The van der Waals surface area contributed by atoms with Crippen LogP contribution in [0.2, 0.25) is 0 Å². The molecular weight excluding hydrogens is 156 g/mol. The van der Waals surface area contributed by atoms with Crippen LogP contribution in [0.5, 0.6) is 0 Å². The van der Waals surface area contributed by atoms with Crippen LogP contribution in [-0.4, -0.2) is 36.6 Å². The second-order valence-corrected chi connectivity index (χ2v) is 4.07. The number of aliphatic hydroxyl groups is 1. The minimum Gasteiger partial charge on any atom is -0.388 e. The topological polar surface area (TPSA) is 38.7 Å². The van der Waals surface area contributed by atoms with Crippen LogP contribution in [0, 0.1) is 11.8 Å². The third-order valence-corrected chi connectivity index (χ3v) is 2.92. The van der Waals surface area contributed by atoms with Crippen molar-refractivity contribution in [2.45, 2.75) is 32.2 Å². The van der Waals surface area contributed by atoms with E-state index in [1.165, 1.54) is 0 Å². The van der Waals surface area contributed by atoms with Gasteiger partial charge in [0.25, 0.3) is 0 Å². The second kappa shape index (κ2) is 2.98. The van der Waals surface area contributed by atoms with Gasteiger partial charge in [-0.25, -0.2) is 0 Å². The minimum absolute atomic E-state index is 0.0580. The van der Waals surface area contributed by atoms with Crippen molar-refractivity contribution in [2.24, 2.45) is 11.8 Å². The molecule has 1 N–H and O–H groups in total. The standard InChI is InChI=1S/C9H16O3/c1-5(2)6-3-11-9-7(10)4-12-8(6)9/h5-10H,3-4H2,1-2H3/t6-,7+,8+,9+/m0/s1. The largest absolute Gasteiger partial charge is 0.388 e. The van der Waals surface area contributed by atoms with Gasteiger partial charge < -0.3 is 14.6 Å². The molecule has 2 aliphatic rings. The molecule has 0 unspecified atom stereocenters. The molecule has 12 heavy (non-hydrogen) atoms. The quantitative estimate of drug-likeness (QED) is 0.623. The molecule has 0 aliphatic carbocycles. The van der Waals surface area contributed by atoms with Gasteiger partial charge in [0.2, 0.25) is 0 Å². The predicted molar refractivity (Wildman–Crippen MR) is 43.8 cm³/mol. The smallest absolute Gasteiger partial charge is 0.112 e. The Labute approximate surface area is 72.7 Å². The molecule has 3 nitrogen and oxygen atoms in total. The van der Waals surface area contributed by atoms with Crippen molar-refractivity contribution >= 4 is 0 Å². The number of hydrogen-bond donors (Lipinski definition) is 1. The summed E-state index contributed by atoms with van der Waals surface area (Å²) in [6, 6.07) is 0. The second-order valence-electron chi connectivity index (χ2n) is 4.07. The van der Waals surface area contributed by atoms with Crippen molar-refractivity contribution in [3.8, 4) is 0 Å². The molecule has 0 aromatic heterocycles. The lowest BCUT2D eigenvalue weighted by molar-refractivity contribution is 0.0153. The summed E-state index contributed by atoms with van der Waals surface area (Å²) in [6.45, 7) is 5.53. The summed E-state index contributed by atoms with van der Waals surface area (Å²) >= 11 is 0. The van der Waals surface area contributed by atoms with Crippen molar-refractivity contribution < 1.29 is 14.6 Å². The van der Waals surface area contributed by atoms with Crippen LogP contribution in [0.25, 0.3) is 0 Å². The molecule has 2 rings (SSSR count). The van der Waals surface area contributed by atoms with Gasteiger partial charge in [-0.05, 0) is 5.92 Å². The fraction of sp³-hybridized carbons (Fsp3) is 1.00. The first kappa shape index (κ1) is 8.48. The highest BCUT2D eigenvalue weighted by Gasteiger charge is 2.47. The molecule has 0 saturated carbocycles. The van der Waals surface area contributed by atoms with E-state index in [2.05, 4.69) is 13.8 Å². The number of aliphatic hydroxyl groups excluding tert-OH is 1. The van der Waals surface area contributed by atoms with E-state index in [0.29, 0.717) is 18.4 Å². The van der Waals surface area contributed by atoms with E-state index >= 15 is 0 Å². The fourth-order valence-corrected chi connectivity index (χ4v) is 2.08. The van der Waals surface area contributed by atoms with Crippen molar-refractivity contribution in [3.05, 3.63) is 0 Å². The molecular formula is C9H16O3. The Kier molecular flexibility index (Phi) is 2.10. The van der Waals surface area contributed by atoms with Crippen molar-refractivity contribution in [2.75, 3.05) is 13.2 Å². The van der Waals surface area contributed by atoms with Crippen LogP contribution in [0.4, 0.5) is 0 Å². The number of ether oxygens (including phenoxy) is 2. The monoisotopic (exact) mass is 172 g/mol. The van der Waals surface area contributed by atoms with Gasteiger partial charge in [-0.15, -0.1) is 0 Å². The van der Waals surface area contributed by atoms with Crippen molar-refractivity contribution in [3.63, 3.8) is 0 Å². The minimum atomic E-state index is -0.404. The third kappa shape index (κ3) is 1.16. The average Bonchev–Trinajstić information content (AvgIpc) is 2.53. The van der Waals surface area contributed by atoms with Crippen LogP contribution < -0.4 is 0 Å². The van der Waals surface area contributed by atoms with Crippen LogP contribution >= 0.6 is 0 Å². The molecule has 2 aliphatic heterocycles. The highest BCUT2D eigenvalue weighted by molar-refractivity contribution is 4.94. The lowest BCUT2D eigenvalue weighted by atomic mass is 9.90. The Balaban J connectivity index is 2.05. The van der Waals surface area contributed by atoms with Crippen LogP contribution in [0.15, 0.2) is 0 Å². The predicted octanol–water partition coefficient (Wildman–Crippen LogP) is 0.417. The molecule has 0 bridgehead atoms. The number of hydrogen-bond acceptors (Lipinski definition) is 3. The Morgan fingerprint density at radius 3 is 2.50 bits per heavy atom. The Bertz CT molecular complexity index is 169. The maximum atomic E-state index is 9.45. The van der Waals surface area contributed by atoms with E-state index in [0.717, 1.165) is 6.61 Å². The van der Waals surface area contributed by atoms with Gasteiger partial charge in [0.15, 0.2) is 0 Å². The lowest BCUT2D eigenvalue weighted by Gasteiger charge is -2.18. The van der Waals surface area contributed by atoms with Crippen LogP contribution in [0.1, 0.15) is 13.8 Å². The zero-order valence-corrected chi connectivity index (χ0v) is 7.56. The molecule has 0 radical (unpaired) electrons. The Morgan fingerprint density at radius 1 is 1.17 bits per heavy atom. The molecule has 0 aromatic rings. The lowest BCUT2D eigenvalue weighted by Crippen LogP contribution is -2.30. The number of fused-ring (bicyclic) bond motifs is 1. The summed E-state index contributed by atoms with van der Waals surface area (Å²) in [5.74, 6) is 1.04. The third-order valence-electron chi connectivity index (χ3n) is 2.92. The molecule has 70 valence electrons. The zero-order chi connectivity index (χ0) is 8.72. The summed E-state index contributed by atoms with van der Waals surface area (Å²) in [4.78, 5) is 0. The normalized spacial score (nSPS) is 47.0. The van der Waals surface area contributed by atoms with Crippen molar-refractivity contribution in [1.29, 1.82) is 0 Å². The van der Waals surface area contributed by atoms with E-state index in [-0.39, 0.29) is 12.2 Å². The molecule has 0 aromatic carbocycles. The molecule has 2 fully saturated rings. The van der Waals surface area contributed by atoms with Gasteiger partial charge in [-0.1, -0.05) is 13.8 Å². The summed E-state index contributed by atoms with van der Waals surface area (Å²) in [5, 5.41) is 9.45. The zero-order valence-electron chi connectivity index (χ0n) is 7.56. The molecule has 3 heteroatoms. The maximum Gasteiger partial charge on any atom is 0.112 e. The van der Waals surface area contributed by atoms with E-state index in [1.807, 2.05) is 0 Å². The highest BCUT2D eigenvalue weighted by Crippen LogP contribution is 2.34. The van der Waals surface area contributed by atoms with E-state index in [9.17, 15) is 5.11 Å². The molecule has 2 saturated heterocycles. The van der Waals surface area contributed by atoms with Gasteiger partial charge in [0.1, 0.15) is 12.2 Å². The molecule has 4 atom stereocenters. The maximum absolute atomic E-state index is 9.45. The van der Waals surface area contributed by atoms with E-state index in [4.69, 9.17) is 9.47 Å². The molecule has 0 amide bonds. The summed E-state index contributed by atoms with van der Waals surface area (Å²) in [6.07, 6.45) is -0.323. The fourth-order valence-electron chi connectivity index (χ4n) is 2.08. The summed E-state index contributed by atoms with van der Waals surface area (Å²) in [7, 11) is 0. The van der Waals surface area contributed by atoms with Crippen LogP contribution in [0.3, 0.4) is 0 Å². The summed E-state index contributed by atoms with van der Waals surface area (Å²) < 4.78 is 11.0. The summed E-state index contributed by atoms with van der Waals surface area (Å²) in [5.41, 5.74) is 0. The van der Waals surface area contributed by atoms with Crippen molar-refractivity contribution in [1.82, 2.24) is 0 Å². The molecule has 2 heterocycles. The van der Waals surface area contributed by atoms with Gasteiger partial charge in [-0.2, -0.15) is 0 Å². The van der Waals surface area contributed by atoms with Gasteiger partial charge >= 0.3 is 0 Å². The van der Waals surface area contributed by atoms with Crippen LogP contribution in [-0.2, 0) is 9.47 Å². The molecule has 0 spiro atoms. The average molecular weight is 172 g/mol. The first-order chi connectivity index (χ1) is 5.70.